The van der Waals surface area contributed by atoms with E-state index in [4.69, 9.17) is 10.8 Å². The molecular formula is C10H11F2NO3. The van der Waals surface area contributed by atoms with Gasteiger partial charge >= 0.3 is 12.6 Å². The van der Waals surface area contributed by atoms with Crippen LogP contribution in [0.2, 0.25) is 0 Å². The molecule has 1 aromatic rings. The number of aliphatic carboxylic acids is 1. The zero-order chi connectivity index (χ0) is 12.1. The summed E-state index contributed by atoms with van der Waals surface area (Å²) in [5.74, 6) is -1.90. The van der Waals surface area contributed by atoms with E-state index in [1.807, 2.05) is 0 Å². The van der Waals surface area contributed by atoms with Crippen LogP contribution in [0, 0.1) is 0 Å². The third-order valence-electron chi connectivity index (χ3n) is 2.04. The average molecular weight is 231 g/mol. The molecule has 1 aromatic carbocycles. The van der Waals surface area contributed by atoms with Gasteiger partial charge in [-0.2, -0.15) is 8.78 Å². The first-order valence-electron chi connectivity index (χ1n) is 4.52. The molecule has 0 aliphatic rings. The number of alkyl halides is 2. The highest BCUT2D eigenvalue weighted by Gasteiger charge is 2.17. The van der Waals surface area contributed by atoms with Gasteiger partial charge in [0.25, 0.3) is 0 Å². The Labute approximate surface area is 90.6 Å². The van der Waals surface area contributed by atoms with Gasteiger partial charge in [0.1, 0.15) is 5.75 Å². The number of hydrogen-bond acceptors (Lipinski definition) is 3. The molecule has 3 N–H and O–H groups in total. The minimum absolute atomic E-state index is 0.0140. The van der Waals surface area contributed by atoms with E-state index in [9.17, 15) is 13.6 Å². The molecular weight excluding hydrogens is 220 g/mol. The van der Waals surface area contributed by atoms with E-state index in [1.165, 1.54) is 24.3 Å². The molecule has 0 saturated carbocycles. The van der Waals surface area contributed by atoms with E-state index in [0.717, 1.165) is 0 Å². The summed E-state index contributed by atoms with van der Waals surface area (Å²) in [6, 6.07) is 5.38. The van der Waals surface area contributed by atoms with Crippen LogP contribution in [0.15, 0.2) is 24.3 Å². The average Bonchev–Trinajstić information content (AvgIpc) is 2.20. The maximum absolute atomic E-state index is 11.8. The first-order valence-corrected chi connectivity index (χ1v) is 4.52. The fraction of sp³-hybridized carbons (Fsp3) is 0.300. The molecule has 1 unspecified atom stereocenters. The third-order valence-corrected chi connectivity index (χ3v) is 2.04. The van der Waals surface area contributed by atoms with E-state index < -0.39 is 18.5 Å². The van der Waals surface area contributed by atoms with Crippen LogP contribution in [0.4, 0.5) is 8.78 Å². The number of carboxylic acid groups (broad SMARTS) is 1. The summed E-state index contributed by atoms with van der Waals surface area (Å²) in [5.41, 5.74) is 5.75. The number of ether oxygens (including phenoxy) is 1. The molecule has 88 valence electrons. The Morgan fingerprint density at radius 3 is 2.31 bits per heavy atom. The maximum atomic E-state index is 11.8. The number of benzene rings is 1. The van der Waals surface area contributed by atoms with E-state index in [1.54, 1.807) is 0 Å². The summed E-state index contributed by atoms with van der Waals surface area (Å²) in [5, 5.41) is 8.81. The predicted molar refractivity (Wildman–Crippen MR) is 52.5 cm³/mol. The second kappa shape index (κ2) is 5.41. The summed E-state index contributed by atoms with van der Waals surface area (Å²) in [4.78, 5) is 10.8. The van der Waals surface area contributed by atoms with Crippen molar-refractivity contribution in [2.24, 2.45) is 5.73 Å². The Kier molecular flexibility index (Phi) is 4.19. The Balaban J connectivity index is 2.81. The van der Waals surface area contributed by atoms with E-state index in [0.29, 0.717) is 5.56 Å². The van der Waals surface area contributed by atoms with Crippen LogP contribution in [0.25, 0.3) is 0 Å². The highest BCUT2D eigenvalue weighted by molar-refractivity contribution is 5.76. The van der Waals surface area contributed by atoms with Gasteiger partial charge in [0.2, 0.25) is 0 Å². The van der Waals surface area contributed by atoms with Gasteiger partial charge < -0.3 is 15.6 Å². The maximum Gasteiger partial charge on any atom is 0.387 e. The largest absolute Gasteiger partial charge is 0.481 e. The smallest absolute Gasteiger partial charge is 0.387 e. The normalized spacial score (nSPS) is 12.5. The quantitative estimate of drug-likeness (QED) is 0.803. The summed E-state index contributed by atoms with van der Waals surface area (Å²) >= 11 is 0. The van der Waals surface area contributed by atoms with Gasteiger partial charge in [0, 0.05) is 6.54 Å². The van der Waals surface area contributed by atoms with Crippen LogP contribution in [0.3, 0.4) is 0 Å². The summed E-state index contributed by atoms with van der Waals surface area (Å²) in [6.07, 6.45) is 0. The molecule has 16 heavy (non-hydrogen) atoms. The van der Waals surface area contributed by atoms with Gasteiger partial charge in [-0.25, -0.2) is 0 Å². The molecule has 6 heteroatoms. The zero-order valence-corrected chi connectivity index (χ0v) is 8.27. The summed E-state index contributed by atoms with van der Waals surface area (Å²) in [7, 11) is 0. The van der Waals surface area contributed by atoms with Crippen molar-refractivity contribution in [1.29, 1.82) is 0 Å². The van der Waals surface area contributed by atoms with E-state index in [-0.39, 0.29) is 12.3 Å². The summed E-state index contributed by atoms with van der Waals surface area (Å²) in [6.45, 7) is -2.94. The molecule has 0 amide bonds. The van der Waals surface area contributed by atoms with Crippen molar-refractivity contribution >= 4 is 5.97 Å². The lowest BCUT2D eigenvalue weighted by Gasteiger charge is -2.10. The van der Waals surface area contributed by atoms with Crippen molar-refractivity contribution in [3.63, 3.8) is 0 Å². The molecule has 0 aliphatic heterocycles. The highest BCUT2D eigenvalue weighted by atomic mass is 19.3. The SMILES string of the molecule is NCC(C(=O)O)c1ccc(OC(F)F)cc1. The number of halogens is 2. The van der Waals surface area contributed by atoms with E-state index >= 15 is 0 Å². The first-order chi connectivity index (χ1) is 7.54. The molecule has 0 radical (unpaired) electrons. The number of nitrogens with two attached hydrogens (primary N) is 1. The second-order valence-electron chi connectivity index (χ2n) is 3.07. The minimum atomic E-state index is -2.89. The Morgan fingerprint density at radius 1 is 1.38 bits per heavy atom. The van der Waals surface area contributed by atoms with Crippen molar-refractivity contribution in [3.05, 3.63) is 29.8 Å². The van der Waals surface area contributed by atoms with Crippen LogP contribution in [0.5, 0.6) is 5.75 Å². The van der Waals surface area contributed by atoms with Crippen molar-refractivity contribution in [2.75, 3.05) is 6.54 Å². The fourth-order valence-electron chi connectivity index (χ4n) is 1.26. The molecule has 0 aliphatic carbocycles. The Hall–Kier alpha value is -1.69. The summed E-state index contributed by atoms with van der Waals surface area (Å²) < 4.78 is 27.8. The molecule has 1 rings (SSSR count). The minimum Gasteiger partial charge on any atom is -0.481 e. The lowest BCUT2D eigenvalue weighted by atomic mass is 9.99. The van der Waals surface area contributed by atoms with Crippen molar-refractivity contribution < 1.29 is 23.4 Å². The molecule has 0 spiro atoms. The van der Waals surface area contributed by atoms with Gasteiger partial charge in [-0.15, -0.1) is 0 Å². The molecule has 0 bridgehead atoms. The molecule has 0 saturated heterocycles. The molecule has 0 heterocycles. The molecule has 4 nitrogen and oxygen atoms in total. The molecule has 0 fully saturated rings. The topological polar surface area (TPSA) is 72.6 Å². The monoisotopic (exact) mass is 231 g/mol. The van der Waals surface area contributed by atoms with E-state index in [2.05, 4.69) is 4.74 Å². The standard InChI is InChI=1S/C10H11F2NO3/c11-10(12)16-7-3-1-6(2-4-7)8(5-13)9(14)15/h1-4,8,10H,5,13H2,(H,14,15). The number of hydrogen-bond donors (Lipinski definition) is 2. The van der Waals surface area contributed by atoms with Gasteiger partial charge in [0.15, 0.2) is 0 Å². The fourth-order valence-corrected chi connectivity index (χ4v) is 1.26. The van der Waals surface area contributed by atoms with Crippen LogP contribution in [0.1, 0.15) is 11.5 Å². The number of rotatable bonds is 5. The van der Waals surface area contributed by atoms with Crippen LogP contribution >= 0.6 is 0 Å². The number of carboxylic acids is 1. The highest BCUT2D eigenvalue weighted by Crippen LogP contribution is 2.20. The van der Waals surface area contributed by atoms with Gasteiger partial charge in [-0.3, -0.25) is 4.79 Å². The van der Waals surface area contributed by atoms with Gasteiger partial charge in [0.05, 0.1) is 5.92 Å². The predicted octanol–water partition coefficient (Wildman–Crippen LogP) is 1.41. The molecule has 0 aromatic heterocycles. The van der Waals surface area contributed by atoms with Crippen molar-refractivity contribution in [3.8, 4) is 5.75 Å². The Morgan fingerprint density at radius 2 is 1.94 bits per heavy atom. The Bertz CT molecular complexity index is 354. The van der Waals surface area contributed by atoms with Gasteiger partial charge in [-0.05, 0) is 17.7 Å². The van der Waals surface area contributed by atoms with Crippen molar-refractivity contribution in [1.82, 2.24) is 0 Å². The first kappa shape index (κ1) is 12.4. The second-order valence-corrected chi connectivity index (χ2v) is 3.07. The van der Waals surface area contributed by atoms with Gasteiger partial charge in [-0.1, -0.05) is 12.1 Å². The van der Waals surface area contributed by atoms with Crippen molar-refractivity contribution in [2.45, 2.75) is 12.5 Å². The van der Waals surface area contributed by atoms with Crippen LogP contribution in [-0.2, 0) is 4.79 Å². The number of carbonyl (C=O) groups is 1. The van der Waals surface area contributed by atoms with Crippen LogP contribution in [-0.4, -0.2) is 24.2 Å². The molecule has 1 atom stereocenters. The lowest BCUT2D eigenvalue weighted by molar-refractivity contribution is -0.138. The lowest BCUT2D eigenvalue weighted by Crippen LogP contribution is -2.21. The zero-order valence-electron chi connectivity index (χ0n) is 8.27. The van der Waals surface area contributed by atoms with Crippen LogP contribution < -0.4 is 10.5 Å². The third kappa shape index (κ3) is 3.16.